The van der Waals surface area contributed by atoms with E-state index in [0.717, 1.165) is 72.0 Å². The molecule has 2 fully saturated rings. The van der Waals surface area contributed by atoms with Gasteiger partial charge in [-0.3, -0.25) is 4.55 Å². The maximum absolute atomic E-state index is 9.19. The van der Waals surface area contributed by atoms with Crippen molar-refractivity contribution in [2.24, 2.45) is 0 Å². The van der Waals surface area contributed by atoms with Crippen LogP contribution in [-0.4, -0.2) is 54.8 Å². The minimum atomic E-state index is -3.67. The van der Waals surface area contributed by atoms with Crippen molar-refractivity contribution in [1.82, 2.24) is 0 Å². The van der Waals surface area contributed by atoms with Gasteiger partial charge < -0.3 is 32.0 Å². The van der Waals surface area contributed by atoms with Gasteiger partial charge in [0.05, 0.1) is 30.0 Å². The molecule has 0 aliphatic heterocycles. The molecule has 83 heavy (non-hydrogen) atoms. The minimum Gasteiger partial charge on any atom is -0.496 e. The van der Waals surface area contributed by atoms with E-state index in [4.69, 9.17) is 36.5 Å². The summed E-state index contributed by atoms with van der Waals surface area (Å²) in [6.07, 6.45) is 15.2. The third-order valence-corrected chi connectivity index (χ3v) is 19.5. The van der Waals surface area contributed by atoms with Crippen LogP contribution >= 0.6 is 23.9 Å². The van der Waals surface area contributed by atoms with Crippen molar-refractivity contribution in [3.8, 4) is 39.1 Å². The second-order valence-corrected chi connectivity index (χ2v) is 26.9. The molecule has 0 atom stereocenters. The van der Waals surface area contributed by atoms with Gasteiger partial charge in [0.15, 0.2) is 0 Å². The van der Waals surface area contributed by atoms with Crippen molar-refractivity contribution < 1.29 is 48.2 Å². The molecule has 8 aromatic carbocycles. The van der Waals surface area contributed by atoms with Crippen molar-refractivity contribution in [1.29, 1.82) is 0 Å². The summed E-state index contributed by atoms with van der Waals surface area (Å²) in [5.41, 5.74) is 37.8. The summed E-state index contributed by atoms with van der Waals surface area (Å²) in [4.78, 5) is 0. The number of hydrogen-bond donors (Lipinski definition) is 6. The Morgan fingerprint density at radius 3 is 1.41 bits per heavy atom. The van der Waals surface area contributed by atoms with Crippen LogP contribution in [0.25, 0.3) is 33.4 Å². The van der Waals surface area contributed by atoms with Crippen LogP contribution in [0.15, 0.2) is 168 Å². The minimum absolute atomic E-state index is 0. The summed E-state index contributed by atoms with van der Waals surface area (Å²) in [7, 11) is -3.80. The number of ether oxygens (including phenoxy) is 1. The van der Waals surface area contributed by atoms with E-state index in [1.54, 1.807) is 5.30 Å². The van der Waals surface area contributed by atoms with Gasteiger partial charge in [-0.2, -0.15) is 8.42 Å². The first-order chi connectivity index (χ1) is 39.1. The number of hydrogen-bond acceptors (Lipinski definition) is 8. The zero-order valence-electron chi connectivity index (χ0n) is 49.8. The standard InChI is InChI=1S/C26H35OP.C15H17N.C12H10N.C9H13BO2.C6H6BrN.CH4O3S.Pd/c1-20-12-11-18-24(27-2)26(20)23-17-9-10-19-25(23)28(21-13-5-3-6-14-21)22-15-7-4-8-16-22;1-10-8-11(2)15(12(3)9-10)13-6-4-5-7-14(13)16;13-12-9-5-4-8-11(12)10-6-2-1-3-7-10;1-6-4-7(2)9(10(11)12)8(3)5-6;7-5-3-1-2-4-6(5)8;1-5(2,3)4;/h9-12,17-19,21-22H,3-8,13-16H2,1-2H3;4-9H,16H2,1-3H3;1-6,8-9H,13H2;4-5,11-12H,1-3H3;1-4H,8H2;1H3,(H,2,3,4);/q;;-1;;;;/p+1. The SMILES string of the molecule is COc1cccc(C)c1-c1ccccc1[PH+](C1CCCCC1)C1CCCCC1.CS(=O)(=O)O.Cc1cc(C)c(-c2ccccc2N)c(C)c1.Cc1cc(C)c(B(O)O)c(C)c1.Nc1ccccc1-c1[c-]cccc1.Nc1ccccc1Br.[Pd]. The smallest absolute Gasteiger partial charge is 0.488 e. The molecule has 0 unspecified atom stereocenters. The molecule has 0 aromatic heterocycles. The molecule has 9 nitrogen and oxygen atoms in total. The van der Waals surface area contributed by atoms with Gasteiger partial charge in [-0.25, -0.2) is 0 Å². The van der Waals surface area contributed by atoms with Crippen molar-refractivity contribution in [3.05, 3.63) is 213 Å². The summed E-state index contributed by atoms with van der Waals surface area (Å²) in [6, 6.07) is 58.6. The maximum Gasteiger partial charge on any atom is 0.488 e. The fraction of sp³-hybridized carbons (Fsp3) is 0.304. The molecule has 9 N–H and O–H groups in total. The quantitative estimate of drug-likeness (QED) is 0.0284. The van der Waals surface area contributed by atoms with Gasteiger partial charge in [-0.1, -0.05) is 144 Å². The third-order valence-electron chi connectivity index (χ3n) is 14.8. The van der Waals surface area contributed by atoms with Crippen LogP contribution < -0.4 is 32.7 Å². The molecule has 0 amide bonds. The number of nitrogens with two attached hydrogens (primary N) is 3. The number of benzene rings is 8. The zero-order chi connectivity index (χ0) is 59.9. The van der Waals surface area contributed by atoms with E-state index >= 15 is 0 Å². The Labute approximate surface area is 520 Å². The predicted molar refractivity (Wildman–Crippen MR) is 357 cm³/mol. The zero-order valence-corrected chi connectivity index (χ0v) is 54.7. The molecular weight excluding hydrogens is 1230 g/mol. The van der Waals surface area contributed by atoms with Crippen molar-refractivity contribution >= 4 is 68.9 Å². The van der Waals surface area contributed by atoms with Gasteiger partial charge in [0.2, 0.25) is 0 Å². The Morgan fingerprint density at radius 1 is 0.542 bits per heavy atom. The van der Waals surface area contributed by atoms with Crippen molar-refractivity contribution in [2.75, 3.05) is 30.6 Å². The van der Waals surface area contributed by atoms with Crippen molar-refractivity contribution in [2.45, 2.75) is 124 Å². The van der Waals surface area contributed by atoms with E-state index in [0.29, 0.717) is 11.7 Å². The average Bonchev–Trinajstić information content (AvgIpc) is 3.53. The van der Waals surface area contributed by atoms with E-state index in [1.165, 1.54) is 103 Å². The number of halogens is 1. The number of nitrogen functional groups attached to an aromatic ring is 3. The molecule has 0 heterocycles. The van der Waals surface area contributed by atoms with Gasteiger partial charge in [0.25, 0.3) is 10.1 Å². The molecule has 0 radical (unpaired) electrons. The first kappa shape index (κ1) is 69.9. The molecule has 2 aliphatic rings. The monoisotopic (exact) mass is 1310 g/mol. The summed E-state index contributed by atoms with van der Waals surface area (Å²) >= 11 is 3.27. The van der Waals surface area contributed by atoms with Crippen LogP contribution in [0.2, 0.25) is 0 Å². The van der Waals surface area contributed by atoms with Crippen LogP contribution in [-0.2, 0) is 30.5 Å². The largest absolute Gasteiger partial charge is 0.496 e. The molecular formula is C69H86BBrN3O6PPdS. The first-order valence-electron chi connectivity index (χ1n) is 28.3. The number of methoxy groups -OCH3 is 1. The van der Waals surface area contributed by atoms with E-state index in [-0.39, 0.29) is 20.4 Å². The first-order valence-corrected chi connectivity index (χ1v) is 32.6. The Kier molecular flexibility index (Phi) is 29.5. The van der Waals surface area contributed by atoms with Gasteiger partial charge in [-0.15, -0.1) is 35.9 Å². The van der Waals surface area contributed by atoms with Crippen LogP contribution in [0.3, 0.4) is 0 Å². The Balaban J connectivity index is 0.000000231. The Morgan fingerprint density at radius 2 is 0.976 bits per heavy atom. The summed E-state index contributed by atoms with van der Waals surface area (Å²) in [6.45, 7) is 14.4. The molecule has 10 rings (SSSR count). The number of anilines is 3. The number of aryl methyl sites for hydroxylation is 7. The molecule has 2 saturated carbocycles. The second kappa shape index (κ2) is 35.0. The Bertz CT molecular complexity index is 3300. The van der Waals surface area contributed by atoms with E-state index in [2.05, 4.69) is 110 Å². The fourth-order valence-electron chi connectivity index (χ4n) is 11.4. The molecule has 444 valence electrons. The summed E-state index contributed by atoms with van der Waals surface area (Å²) in [5.74, 6) is 1.03. The second-order valence-electron chi connectivity index (χ2n) is 21.5. The Hall–Kier alpha value is -5.57. The van der Waals surface area contributed by atoms with Crippen LogP contribution in [0.5, 0.6) is 5.75 Å². The van der Waals surface area contributed by atoms with E-state index in [1.807, 2.05) is 131 Å². The molecule has 14 heteroatoms. The fourth-order valence-corrected chi connectivity index (χ4v) is 16.1. The van der Waals surface area contributed by atoms with Gasteiger partial charge in [-0.05, 0) is 186 Å². The predicted octanol–water partition coefficient (Wildman–Crippen LogP) is 15.6. The van der Waals surface area contributed by atoms with Crippen LogP contribution in [0.4, 0.5) is 17.1 Å². The van der Waals surface area contributed by atoms with E-state index < -0.39 is 25.2 Å². The maximum atomic E-state index is 9.19. The summed E-state index contributed by atoms with van der Waals surface area (Å²) < 4.78 is 32.6. The normalized spacial score (nSPS) is 13.0. The third kappa shape index (κ3) is 22.1. The van der Waals surface area contributed by atoms with Gasteiger partial charge >= 0.3 is 7.12 Å². The topological polar surface area (TPSA) is 182 Å². The van der Waals surface area contributed by atoms with E-state index in [9.17, 15) is 8.42 Å². The molecule has 0 spiro atoms. The van der Waals surface area contributed by atoms with Crippen molar-refractivity contribution in [3.63, 3.8) is 0 Å². The number of rotatable bonds is 8. The summed E-state index contributed by atoms with van der Waals surface area (Å²) in [5, 5.41) is 19.8. The number of para-hydroxylation sites is 3. The van der Waals surface area contributed by atoms with Crippen LogP contribution in [0, 0.1) is 54.5 Å². The van der Waals surface area contributed by atoms with Gasteiger partial charge in [0, 0.05) is 60.9 Å². The molecule has 0 saturated heterocycles. The molecule has 2 aliphatic carbocycles. The molecule has 8 aromatic rings. The molecule has 0 bridgehead atoms. The van der Waals surface area contributed by atoms with Crippen LogP contribution in [0.1, 0.15) is 103 Å². The average molecular weight is 1310 g/mol. The van der Waals surface area contributed by atoms with Gasteiger partial charge in [0.1, 0.15) is 5.75 Å².